The third-order valence-electron chi connectivity index (χ3n) is 2.42. The van der Waals surface area contributed by atoms with Crippen LogP contribution in [0.15, 0.2) is 28.8 Å². The van der Waals surface area contributed by atoms with Crippen LogP contribution in [0.25, 0.3) is 11.3 Å². The Hall–Kier alpha value is -1.88. The summed E-state index contributed by atoms with van der Waals surface area (Å²) in [6, 6.07) is 4.80. The summed E-state index contributed by atoms with van der Waals surface area (Å²) in [4.78, 5) is 14.4. The van der Waals surface area contributed by atoms with E-state index in [2.05, 4.69) is 4.98 Å². The molecule has 5 nitrogen and oxygen atoms in total. The summed E-state index contributed by atoms with van der Waals surface area (Å²) in [7, 11) is 0. The Morgan fingerprint density at radius 3 is 2.89 bits per heavy atom. The first-order valence-corrected chi connectivity index (χ1v) is 5.90. The molecule has 0 bridgehead atoms. The topological polar surface area (TPSA) is 69.2 Å². The van der Waals surface area contributed by atoms with Gasteiger partial charge < -0.3 is 4.42 Å². The Balaban J connectivity index is 2.39. The molecule has 1 aromatic heterocycles. The first kappa shape index (κ1) is 12.6. The van der Waals surface area contributed by atoms with Gasteiger partial charge in [0.2, 0.25) is 0 Å². The van der Waals surface area contributed by atoms with Gasteiger partial charge in [-0.25, -0.2) is 4.98 Å². The van der Waals surface area contributed by atoms with Crippen LogP contribution in [0.2, 0.25) is 0 Å². The van der Waals surface area contributed by atoms with Gasteiger partial charge in [0.05, 0.1) is 11.1 Å². The van der Waals surface area contributed by atoms with Crippen molar-refractivity contribution in [1.29, 1.82) is 0 Å². The lowest BCUT2D eigenvalue weighted by Crippen LogP contribution is -1.89. The van der Waals surface area contributed by atoms with Crippen molar-refractivity contribution in [2.24, 2.45) is 0 Å². The molecule has 0 aliphatic carbocycles. The first-order chi connectivity index (χ1) is 8.60. The van der Waals surface area contributed by atoms with Crippen molar-refractivity contribution in [2.45, 2.75) is 13.3 Å². The van der Waals surface area contributed by atoms with Crippen LogP contribution in [0.5, 0.6) is 0 Å². The number of aromatic nitrogens is 1. The van der Waals surface area contributed by atoms with Gasteiger partial charge in [0.25, 0.3) is 5.69 Å². The molecule has 0 fully saturated rings. The van der Waals surface area contributed by atoms with E-state index in [-0.39, 0.29) is 5.69 Å². The van der Waals surface area contributed by atoms with Crippen molar-refractivity contribution in [3.8, 4) is 11.3 Å². The Kier molecular flexibility index (Phi) is 3.62. The van der Waals surface area contributed by atoms with Gasteiger partial charge in [-0.1, -0.05) is 0 Å². The third-order valence-corrected chi connectivity index (χ3v) is 2.61. The maximum absolute atomic E-state index is 10.8. The summed E-state index contributed by atoms with van der Waals surface area (Å²) in [6.07, 6.45) is 2.09. The van der Waals surface area contributed by atoms with E-state index < -0.39 is 4.92 Å². The predicted octanol–water partition coefficient (Wildman–Crippen LogP) is 3.34. The van der Waals surface area contributed by atoms with Crippen molar-refractivity contribution in [3.05, 3.63) is 46.0 Å². The number of nitro benzene ring substituents is 1. The van der Waals surface area contributed by atoms with Crippen molar-refractivity contribution in [1.82, 2.24) is 4.98 Å². The number of hydrogen-bond acceptors (Lipinski definition) is 4. The summed E-state index contributed by atoms with van der Waals surface area (Å²) in [6.45, 7) is 1.80. The van der Waals surface area contributed by atoms with Crippen LogP contribution < -0.4 is 0 Å². The second kappa shape index (κ2) is 5.18. The largest absolute Gasteiger partial charge is 0.441 e. The number of hydrogen-bond donors (Lipinski definition) is 0. The number of aryl methyl sites for hydroxylation is 2. The molecular weight excluding hydrogens is 256 g/mol. The molecule has 0 atom stereocenters. The quantitative estimate of drug-likeness (QED) is 0.483. The van der Waals surface area contributed by atoms with E-state index in [4.69, 9.17) is 16.0 Å². The standard InChI is InChI=1S/C12H11ClN2O3/c1-8-4-9(6-10(5-8)15(16)17)11-7-14-12(18-11)2-3-13/h4-7H,2-3H2,1H3. The molecule has 1 aromatic carbocycles. The number of rotatable bonds is 4. The van der Waals surface area contributed by atoms with Crippen LogP contribution in [0, 0.1) is 17.0 Å². The Morgan fingerprint density at radius 2 is 2.22 bits per heavy atom. The van der Waals surface area contributed by atoms with Crippen molar-refractivity contribution in [3.63, 3.8) is 0 Å². The van der Waals surface area contributed by atoms with Gasteiger partial charge in [0, 0.05) is 30.0 Å². The van der Waals surface area contributed by atoms with E-state index >= 15 is 0 Å². The molecule has 18 heavy (non-hydrogen) atoms. The minimum atomic E-state index is -0.424. The second-order valence-corrected chi connectivity index (χ2v) is 4.25. The van der Waals surface area contributed by atoms with Crippen LogP contribution in [0.3, 0.4) is 0 Å². The van der Waals surface area contributed by atoms with Gasteiger partial charge in [0.15, 0.2) is 11.7 Å². The fourth-order valence-corrected chi connectivity index (χ4v) is 1.81. The molecule has 0 radical (unpaired) electrons. The predicted molar refractivity (Wildman–Crippen MR) is 67.8 cm³/mol. The van der Waals surface area contributed by atoms with E-state index in [9.17, 15) is 10.1 Å². The van der Waals surface area contributed by atoms with Crippen LogP contribution >= 0.6 is 11.6 Å². The molecular formula is C12H11ClN2O3. The zero-order valence-electron chi connectivity index (χ0n) is 9.72. The molecule has 0 N–H and O–H groups in total. The molecule has 1 heterocycles. The monoisotopic (exact) mass is 266 g/mol. The average molecular weight is 267 g/mol. The minimum absolute atomic E-state index is 0.0419. The number of nitro groups is 1. The Labute approximate surface area is 109 Å². The number of nitrogens with zero attached hydrogens (tertiary/aromatic N) is 2. The van der Waals surface area contributed by atoms with Crippen LogP contribution in [-0.2, 0) is 6.42 Å². The van der Waals surface area contributed by atoms with E-state index in [1.165, 1.54) is 12.1 Å². The lowest BCUT2D eigenvalue weighted by atomic mass is 10.1. The molecule has 0 spiro atoms. The number of oxazole rings is 1. The minimum Gasteiger partial charge on any atom is -0.441 e. The van der Waals surface area contributed by atoms with Gasteiger partial charge in [0.1, 0.15) is 0 Å². The Morgan fingerprint density at radius 1 is 1.44 bits per heavy atom. The first-order valence-electron chi connectivity index (χ1n) is 5.37. The highest BCUT2D eigenvalue weighted by atomic mass is 35.5. The highest BCUT2D eigenvalue weighted by molar-refractivity contribution is 6.17. The molecule has 0 aliphatic heterocycles. The van der Waals surface area contributed by atoms with Gasteiger partial charge in [-0.05, 0) is 18.6 Å². The number of halogens is 1. The highest BCUT2D eigenvalue weighted by Crippen LogP contribution is 2.26. The Bertz CT molecular complexity index is 580. The van der Waals surface area contributed by atoms with E-state index in [0.717, 1.165) is 5.56 Å². The fraction of sp³-hybridized carbons (Fsp3) is 0.250. The highest BCUT2D eigenvalue weighted by Gasteiger charge is 2.12. The van der Waals surface area contributed by atoms with Crippen LogP contribution in [0.4, 0.5) is 5.69 Å². The van der Waals surface area contributed by atoms with Gasteiger partial charge in [-0.2, -0.15) is 0 Å². The summed E-state index contributed by atoms with van der Waals surface area (Å²) in [5.74, 6) is 1.47. The third kappa shape index (κ3) is 2.68. The molecule has 0 aliphatic rings. The van der Waals surface area contributed by atoms with Gasteiger partial charge in [-0.3, -0.25) is 10.1 Å². The van der Waals surface area contributed by atoms with E-state index in [0.29, 0.717) is 29.5 Å². The maximum atomic E-state index is 10.8. The van der Waals surface area contributed by atoms with Crippen molar-refractivity contribution >= 4 is 17.3 Å². The summed E-state index contributed by atoms with van der Waals surface area (Å²) in [5.41, 5.74) is 1.49. The molecule has 0 unspecified atom stereocenters. The van der Waals surface area contributed by atoms with E-state index in [1.807, 2.05) is 6.07 Å². The summed E-state index contributed by atoms with van der Waals surface area (Å²) in [5, 5.41) is 10.8. The fourth-order valence-electron chi connectivity index (χ4n) is 1.65. The second-order valence-electron chi connectivity index (χ2n) is 3.87. The van der Waals surface area contributed by atoms with Gasteiger partial charge in [-0.15, -0.1) is 11.6 Å². The molecule has 94 valence electrons. The van der Waals surface area contributed by atoms with Crippen molar-refractivity contribution in [2.75, 3.05) is 5.88 Å². The SMILES string of the molecule is Cc1cc(-c2cnc(CCCl)o2)cc([N+](=O)[O-])c1. The molecule has 6 heteroatoms. The molecule has 2 aromatic rings. The lowest BCUT2D eigenvalue weighted by Gasteiger charge is -1.99. The normalized spacial score (nSPS) is 10.6. The zero-order valence-corrected chi connectivity index (χ0v) is 10.5. The van der Waals surface area contributed by atoms with Crippen LogP contribution in [-0.4, -0.2) is 15.8 Å². The molecule has 0 amide bonds. The van der Waals surface area contributed by atoms with Gasteiger partial charge >= 0.3 is 0 Å². The van der Waals surface area contributed by atoms with E-state index in [1.54, 1.807) is 13.1 Å². The molecule has 2 rings (SSSR count). The number of non-ortho nitro benzene ring substituents is 1. The maximum Gasteiger partial charge on any atom is 0.270 e. The average Bonchev–Trinajstić information content (AvgIpc) is 2.77. The summed E-state index contributed by atoms with van der Waals surface area (Å²) < 4.78 is 5.48. The number of alkyl halides is 1. The molecule has 0 saturated carbocycles. The zero-order chi connectivity index (χ0) is 13.1. The smallest absolute Gasteiger partial charge is 0.270 e. The van der Waals surface area contributed by atoms with Crippen LogP contribution in [0.1, 0.15) is 11.5 Å². The lowest BCUT2D eigenvalue weighted by molar-refractivity contribution is -0.384. The van der Waals surface area contributed by atoms with Crippen molar-refractivity contribution < 1.29 is 9.34 Å². The summed E-state index contributed by atoms with van der Waals surface area (Å²) >= 11 is 5.59. The molecule has 0 saturated heterocycles. The number of benzene rings is 1.